The van der Waals surface area contributed by atoms with Gasteiger partial charge in [-0.25, -0.2) is 0 Å². The van der Waals surface area contributed by atoms with Gasteiger partial charge in [0.2, 0.25) is 5.91 Å². The summed E-state index contributed by atoms with van der Waals surface area (Å²) in [7, 11) is 0. The van der Waals surface area contributed by atoms with Crippen LogP contribution in [0, 0.1) is 11.3 Å². The molecule has 2 unspecified atom stereocenters. The Labute approximate surface area is 119 Å². The molecule has 6 heteroatoms. The summed E-state index contributed by atoms with van der Waals surface area (Å²) >= 11 is 1.49. The number of thioether (sulfide) groups is 1. The Kier molecular flexibility index (Phi) is 6.86. The van der Waals surface area contributed by atoms with Gasteiger partial charge in [0.25, 0.3) is 0 Å². The van der Waals surface area contributed by atoms with E-state index in [1.54, 1.807) is 27.7 Å². The molecular weight excluding hydrogens is 266 g/mol. The maximum atomic E-state index is 11.8. The van der Waals surface area contributed by atoms with Gasteiger partial charge in [-0.05, 0) is 26.0 Å². The normalized spacial score (nSPS) is 17.6. The van der Waals surface area contributed by atoms with Crippen LogP contribution < -0.4 is 5.32 Å². The second-order valence-electron chi connectivity index (χ2n) is 5.76. The van der Waals surface area contributed by atoms with Crippen molar-refractivity contribution >= 4 is 23.6 Å². The molecule has 112 valence electrons. The zero-order chi connectivity index (χ0) is 15.3. The van der Waals surface area contributed by atoms with E-state index in [9.17, 15) is 19.8 Å². The molecule has 0 heterocycles. The zero-order valence-corrected chi connectivity index (χ0v) is 13.1. The van der Waals surface area contributed by atoms with Crippen molar-refractivity contribution in [1.29, 1.82) is 0 Å². The van der Waals surface area contributed by atoms with E-state index < -0.39 is 17.0 Å². The molecule has 0 fully saturated rings. The molecule has 3 N–H and O–H groups in total. The van der Waals surface area contributed by atoms with Gasteiger partial charge in [0.05, 0.1) is 11.0 Å². The highest BCUT2D eigenvalue weighted by Gasteiger charge is 2.39. The summed E-state index contributed by atoms with van der Waals surface area (Å²) in [6.45, 7) is 6.90. The topological polar surface area (TPSA) is 86.6 Å². The van der Waals surface area contributed by atoms with Crippen LogP contribution in [0.15, 0.2) is 0 Å². The minimum absolute atomic E-state index is 0.0879. The predicted molar refractivity (Wildman–Crippen MR) is 77.2 cm³/mol. The van der Waals surface area contributed by atoms with Crippen molar-refractivity contribution in [2.45, 2.75) is 39.7 Å². The highest BCUT2D eigenvalue weighted by atomic mass is 32.2. The molecule has 19 heavy (non-hydrogen) atoms. The molecule has 0 aromatic rings. The summed E-state index contributed by atoms with van der Waals surface area (Å²) in [5.74, 6) is -0.968. The first kappa shape index (κ1) is 18.2. The van der Waals surface area contributed by atoms with Crippen LogP contribution in [0.1, 0.15) is 34.1 Å². The Hall–Kier alpha value is -0.750. The number of amides is 1. The molecule has 0 spiro atoms. The Morgan fingerprint density at radius 3 is 2.21 bits per heavy atom. The zero-order valence-electron chi connectivity index (χ0n) is 12.3. The highest BCUT2D eigenvalue weighted by Crippen LogP contribution is 2.31. The standard InChI is InChI=1S/C13H25NO4S/c1-9(2)13(4,11(16)17)6-10(15)14-7-12(3,18)8-19-5/h9,18H,6-8H2,1-5H3,(H,14,15)(H,16,17). The number of carbonyl (C=O) groups is 2. The minimum Gasteiger partial charge on any atom is -0.481 e. The monoisotopic (exact) mass is 291 g/mol. The van der Waals surface area contributed by atoms with Crippen LogP contribution in [-0.2, 0) is 9.59 Å². The largest absolute Gasteiger partial charge is 0.481 e. The van der Waals surface area contributed by atoms with Crippen LogP contribution >= 0.6 is 11.8 Å². The summed E-state index contributed by atoms with van der Waals surface area (Å²) < 4.78 is 0. The van der Waals surface area contributed by atoms with Crippen molar-refractivity contribution in [3.63, 3.8) is 0 Å². The lowest BCUT2D eigenvalue weighted by Crippen LogP contribution is -2.45. The van der Waals surface area contributed by atoms with Gasteiger partial charge in [0.1, 0.15) is 0 Å². The van der Waals surface area contributed by atoms with Gasteiger partial charge in [0, 0.05) is 18.7 Å². The number of aliphatic hydroxyl groups is 1. The molecule has 0 bridgehead atoms. The van der Waals surface area contributed by atoms with E-state index in [1.807, 2.05) is 6.26 Å². The fourth-order valence-electron chi connectivity index (χ4n) is 1.57. The third-order valence-corrected chi connectivity index (χ3v) is 4.32. The average Bonchev–Trinajstić information content (AvgIpc) is 2.25. The van der Waals surface area contributed by atoms with Crippen molar-refractivity contribution in [3.8, 4) is 0 Å². The van der Waals surface area contributed by atoms with Gasteiger partial charge in [-0.2, -0.15) is 11.8 Å². The Bertz CT molecular complexity index is 331. The van der Waals surface area contributed by atoms with Gasteiger partial charge in [-0.15, -0.1) is 0 Å². The van der Waals surface area contributed by atoms with Crippen molar-refractivity contribution in [2.24, 2.45) is 11.3 Å². The second kappa shape index (κ2) is 7.14. The molecule has 0 saturated carbocycles. The van der Waals surface area contributed by atoms with E-state index in [4.69, 9.17) is 0 Å². The molecule has 0 aromatic heterocycles. The number of nitrogens with one attached hydrogen (secondary N) is 1. The predicted octanol–water partition coefficient (Wildman–Crippen LogP) is 1.35. The first-order valence-corrected chi connectivity index (χ1v) is 7.66. The van der Waals surface area contributed by atoms with Crippen LogP contribution in [-0.4, -0.2) is 46.2 Å². The first-order valence-electron chi connectivity index (χ1n) is 6.26. The van der Waals surface area contributed by atoms with E-state index in [0.717, 1.165) is 0 Å². The highest BCUT2D eigenvalue weighted by molar-refractivity contribution is 7.98. The van der Waals surface area contributed by atoms with Gasteiger partial charge in [0.15, 0.2) is 0 Å². The van der Waals surface area contributed by atoms with E-state index in [1.165, 1.54) is 11.8 Å². The summed E-state index contributed by atoms with van der Waals surface area (Å²) in [5, 5.41) is 21.8. The smallest absolute Gasteiger partial charge is 0.310 e. The summed E-state index contributed by atoms with van der Waals surface area (Å²) in [5.41, 5.74) is -2.07. The molecule has 0 aliphatic rings. The molecule has 0 aliphatic carbocycles. The Morgan fingerprint density at radius 1 is 1.32 bits per heavy atom. The molecular formula is C13H25NO4S. The van der Waals surface area contributed by atoms with Crippen molar-refractivity contribution in [1.82, 2.24) is 5.32 Å². The fourth-order valence-corrected chi connectivity index (χ4v) is 2.30. The molecule has 5 nitrogen and oxygen atoms in total. The number of aliphatic carboxylic acids is 1. The first-order chi connectivity index (χ1) is 8.55. The van der Waals surface area contributed by atoms with E-state index in [0.29, 0.717) is 5.75 Å². The minimum atomic E-state index is -1.09. The van der Waals surface area contributed by atoms with Crippen LogP contribution in [0.2, 0.25) is 0 Å². The molecule has 0 rings (SSSR count). The van der Waals surface area contributed by atoms with Gasteiger partial charge in [-0.3, -0.25) is 9.59 Å². The van der Waals surface area contributed by atoms with Crippen LogP contribution in [0.3, 0.4) is 0 Å². The lowest BCUT2D eigenvalue weighted by atomic mass is 9.76. The molecule has 0 aromatic carbocycles. The van der Waals surface area contributed by atoms with E-state index in [-0.39, 0.29) is 24.8 Å². The van der Waals surface area contributed by atoms with Crippen LogP contribution in [0.25, 0.3) is 0 Å². The van der Waals surface area contributed by atoms with Gasteiger partial charge in [-0.1, -0.05) is 13.8 Å². The van der Waals surface area contributed by atoms with Crippen molar-refractivity contribution in [3.05, 3.63) is 0 Å². The van der Waals surface area contributed by atoms with Gasteiger partial charge < -0.3 is 15.5 Å². The van der Waals surface area contributed by atoms with Crippen LogP contribution in [0.4, 0.5) is 0 Å². The number of hydrogen-bond acceptors (Lipinski definition) is 4. The van der Waals surface area contributed by atoms with Gasteiger partial charge >= 0.3 is 5.97 Å². The number of hydrogen-bond donors (Lipinski definition) is 3. The summed E-state index contributed by atoms with van der Waals surface area (Å²) in [4.78, 5) is 23.1. The summed E-state index contributed by atoms with van der Waals surface area (Å²) in [6.07, 6.45) is 1.78. The second-order valence-corrected chi connectivity index (χ2v) is 6.63. The average molecular weight is 291 g/mol. The van der Waals surface area contributed by atoms with Crippen molar-refractivity contribution in [2.75, 3.05) is 18.6 Å². The third-order valence-electron chi connectivity index (χ3n) is 3.41. The Balaban J connectivity index is 4.50. The molecule has 0 aliphatic heterocycles. The lowest BCUT2D eigenvalue weighted by Gasteiger charge is -2.29. The summed E-state index contributed by atoms with van der Waals surface area (Å²) in [6, 6.07) is 0. The maximum Gasteiger partial charge on any atom is 0.310 e. The van der Waals surface area contributed by atoms with E-state index in [2.05, 4.69) is 5.32 Å². The number of carbonyl (C=O) groups excluding carboxylic acids is 1. The fraction of sp³-hybridized carbons (Fsp3) is 0.846. The number of rotatable bonds is 8. The van der Waals surface area contributed by atoms with Crippen molar-refractivity contribution < 1.29 is 19.8 Å². The molecule has 0 saturated heterocycles. The Morgan fingerprint density at radius 2 is 1.84 bits per heavy atom. The van der Waals surface area contributed by atoms with E-state index >= 15 is 0 Å². The quantitative estimate of drug-likeness (QED) is 0.628. The van der Waals surface area contributed by atoms with Crippen LogP contribution in [0.5, 0.6) is 0 Å². The third kappa shape index (κ3) is 5.82. The lowest BCUT2D eigenvalue weighted by molar-refractivity contribution is -0.153. The maximum absolute atomic E-state index is 11.8. The molecule has 2 atom stereocenters. The SMILES string of the molecule is CSCC(C)(O)CNC(=O)CC(C)(C(=O)O)C(C)C. The number of carboxylic acid groups (broad SMARTS) is 1. The number of carboxylic acids is 1. The molecule has 0 radical (unpaired) electrons. The molecule has 1 amide bonds.